The smallest absolute Gasteiger partial charge is 0.338 e. The van der Waals surface area contributed by atoms with E-state index in [2.05, 4.69) is 4.99 Å². The maximum atomic E-state index is 13.6. The van der Waals surface area contributed by atoms with Crippen molar-refractivity contribution in [2.24, 2.45) is 10.9 Å². The Hall–Kier alpha value is -3.71. The third-order valence-corrected chi connectivity index (χ3v) is 6.63. The van der Waals surface area contributed by atoms with Crippen LogP contribution in [-0.2, 0) is 9.53 Å². The molecule has 0 radical (unpaired) electrons. The average molecular weight is 503 g/mol. The Morgan fingerprint density at radius 3 is 2.53 bits per heavy atom. The highest BCUT2D eigenvalue weighted by Crippen LogP contribution is 2.31. The van der Waals surface area contributed by atoms with Crippen molar-refractivity contribution >= 4 is 29.5 Å². The molecule has 0 aliphatic carbocycles. The standard InChI is InChI=1S/C29H30N2O4S/c1-5-34-23-16-14-22(15-17-23)26-25(28(33)35-18-19(2)3)20(4)30-29-31(26)27(32)24(36-29)13-9-12-21-10-7-6-8-11-21/h6-17,19,26H,5,18H2,1-4H3/b12-9+,24-13-. The summed E-state index contributed by atoms with van der Waals surface area (Å²) in [5.74, 6) is 0.461. The van der Waals surface area contributed by atoms with Crippen LogP contribution >= 0.6 is 11.3 Å². The summed E-state index contributed by atoms with van der Waals surface area (Å²) in [7, 11) is 0. The van der Waals surface area contributed by atoms with Gasteiger partial charge in [0.15, 0.2) is 4.80 Å². The van der Waals surface area contributed by atoms with Gasteiger partial charge < -0.3 is 9.47 Å². The predicted octanol–water partition coefficient (Wildman–Crippen LogP) is 4.50. The van der Waals surface area contributed by atoms with Crippen molar-refractivity contribution in [1.82, 2.24) is 4.57 Å². The first-order valence-corrected chi connectivity index (χ1v) is 12.8. The van der Waals surface area contributed by atoms with E-state index >= 15 is 0 Å². The van der Waals surface area contributed by atoms with Gasteiger partial charge in [-0.25, -0.2) is 9.79 Å². The molecule has 7 heteroatoms. The molecule has 36 heavy (non-hydrogen) atoms. The molecule has 6 nitrogen and oxygen atoms in total. The summed E-state index contributed by atoms with van der Waals surface area (Å²) in [6.07, 6.45) is 5.60. The van der Waals surface area contributed by atoms with Gasteiger partial charge >= 0.3 is 5.97 Å². The number of esters is 1. The monoisotopic (exact) mass is 502 g/mol. The zero-order valence-electron chi connectivity index (χ0n) is 20.9. The highest BCUT2D eigenvalue weighted by molar-refractivity contribution is 7.07. The minimum Gasteiger partial charge on any atom is -0.494 e. The van der Waals surface area contributed by atoms with E-state index in [0.29, 0.717) is 33.8 Å². The summed E-state index contributed by atoms with van der Waals surface area (Å²) in [4.78, 5) is 32.0. The fourth-order valence-electron chi connectivity index (χ4n) is 3.96. The fraction of sp³-hybridized carbons (Fsp3) is 0.276. The summed E-state index contributed by atoms with van der Waals surface area (Å²) in [5.41, 5.74) is 2.56. The molecule has 0 amide bonds. The van der Waals surface area contributed by atoms with E-state index in [1.54, 1.807) is 17.6 Å². The van der Waals surface area contributed by atoms with Crippen LogP contribution < -0.4 is 19.6 Å². The van der Waals surface area contributed by atoms with Gasteiger partial charge in [-0.3, -0.25) is 9.36 Å². The van der Waals surface area contributed by atoms with E-state index in [1.807, 2.05) is 87.5 Å². The van der Waals surface area contributed by atoms with E-state index in [4.69, 9.17) is 9.47 Å². The van der Waals surface area contributed by atoms with E-state index in [9.17, 15) is 9.59 Å². The van der Waals surface area contributed by atoms with Gasteiger partial charge in [-0.15, -0.1) is 0 Å². The van der Waals surface area contributed by atoms with Gasteiger partial charge in [0.05, 0.1) is 35.1 Å². The first-order valence-electron chi connectivity index (χ1n) is 12.0. The molecule has 186 valence electrons. The van der Waals surface area contributed by atoms with Crippen molar-refractivity contribution in [2.45, 2.75) is 33.7 Å². The minimum atomic E-state index is -0.642. The number of thiazole rings is 1. The van der Waals surface area contributed by atoms with Gasteiger partial charge in [0, 0.05) is 0 Å². The summed E-state index contributed by atoms with van der Waals surface area (Å²) in [6.45, 7) is 8.52. The molecule has 0 saturated carbocycles. The van der Waals surface area contributed by atoms with Crippen molar-refractivity contribution < 1.29 is 14.3 Å². The van der Waals surface area contributed by atoms with Gasteiger partial charge in [-0.05, 0) is 49.1 Å². The van der Waals surface area contributed by atoms with Crippen molar-refractivity contribution in [3.05, 3.63) is 103 Å². The number of rotatable bonds is 8. The molecular weight excluding hydrogens is 472 g/mol. The van der Waals surface area contributed by atoms with E-state index < -0.39 is 12.0 Å². The normalized spacial score (nSPS) is 15.8. The maximum Gasteiger partial charge on any atom is 0.338 e. The third-order valence-electron chi connectivity index (χ3n) is 5.63. The zero-order valence-corrected chi connectivity index (χ0v) is 21.7. The molecule has 1 aliphatic heterocycles. The molecular formula is C29H30N2O4S. The molecule has 0 fully saturated rings. The molecule has 0 saturated heterocycles. The Labute approximate surface area is 214 Å². The Bertz CT molecular complexity index is 1460. The van der Waals surface area contributed by atoms with Crippen molar-refractivity contribution in [1.29, 1.82) is 0 Å². The van der Waals surface area contributed by atoms with Gasteiger partial charge in [-0.2, -0.15) is 0 Å². The highest BCUT2D eigenvalue weighted by atomic mass is 32.1. The molecule has 1 atom stereocenters. The predicted molar refractivity (Wildman–Crippen MR) is 144 cm³/mol. The number of benzene rings is 2. The van der Waals surface area contributed by atoms with Crippen molar-refractivity contribution in [2.75, 3.05) is 13.2 Å². The fourth-order valence-corrected chi connectivity index (χ4v) is 4.95. The minimum absolute atomic E-state index is 0.191. The van der Waals surface area contributed by atoms with Crippen LogP contribution in [0.25, 0.3) is 12.2 Å². The lowest BCUT2D eigenvalue weighted by molar-refractivity contribution is -0.140. The van der Waals surface area contributed by atoms with Crippen LogP contribution in [-0.4, -0.2) is 23.8 Å². The Balaban J connectivity index is 1.81. The van der Waals surface area contributed by atoms with Crippen LogP contribution in [0.1, 0.15) is 44.9 Å². The number of aromatic nitrogens is 1. The van der Waals surface area contributed by atoms with Crippen LogP contribution in [0.2, 0.25) is 0 Å². The number of allylic oxidation sites excluding steroid dienone is 2. The Morgan fingerprint density at radius 2 is 1.86 bits per heavy atom. The van der Waals surface area contributed by atoms with Gasteiger partial charge in [0.25, 0.3) is 5.56 Å². The second-order valence-corrected chi connectivity index (χ2v) is 9.88. The largest absolute Gasteiger partial charge is 0.494 e. The third kappa shape index (κ3) is 5.57. The molecule has 0 spiro atoms. The highest BCUT2D eigenvalue weighted by Gasteiger charge is 2.33. The molecule has 2 heterocycles. The van der Waals surface area contributed by atoms with Crippen LogP contribution in [0, 0.1) is 5.92 Å². The summed E-state index contributed by atoms with van der Waals surface area (Å²) < 4.78 is 13.3. The van der Waals surface area contributed by atoms with Gasteiger partial charge in [-0.1, -0.05) is 79.8 Å². The lowest BCUT2D eigenvalue weighted by Crippen LogP contribution is -2.40. The summed E-state index contributed by atoms with van der Waals surface area (Å²) in [5, 5.41) is 0. The molecule has 4 rings (SSSR count). The molecule has 2 aromatic carbocycles. The first kappa shape index (κ1) is 25.4. The molecule has 1 unspecified atom stereocenters. The number of fused-ring (bicyclic) bond motifs is 1. The quantitative estimate of drug-likeness (QED) is 0.426. The van der Waals surface area contributed by atoms with Crippen molar-refractivity contribution in [3.8, 4) is 5.75 Å². The lowest BCUT2D eigenvalue weighted by Gasteiger charge is -2.25. The number of carbonyl (C=O) groups excluding carboxylic acids is 1. The molecule has 1 aromatic heterocycles. The number of hydrogen-bond donors (Lipinski definition) is 0. The lowest BCUT2D eigenvalue weighted by atomic mass is 9.96. The molecule has 0 bridgehead atoms. The summed E-state index contributed by atoms with van der Waals surface area (Å²) >= 11 is 1.31. The van der Waals surface area contributed by atoms with Crippen LogP contribution in [0.15, 0.2) is 81.7 Å². The van der Waals surface area contributed by atoms with E-state index in [1.165, 1.54) is 11.3 Å². The topological polar surface area (TPSA) is 69.9 Å². The van der Waals surface area contributed by atoms with E-state index in [0.717, 1.165) is 16.9 Å². The van der Waals surface area contributed by atoms with Gasteiger partial charge in [0.2, 0.25) is 0 Å². The average Bonchev–Trinajstić information content (AvgIpc) is 3.17. The van der Waals surface area contributed by atoms with Crippen LogP contribution in [0.3, 0.4) is 0 Å². The van der Waals surface area contributed by atoms with Crippen LogP contribution in [0.5, 0.6) is 5.75 Å². The zero-order chi connectivity index (χ0) is 25.7. The second kappa shape index (κ2) is 11.4. The first-order chi connectivity index (χ1) is 17.4. The van der Waals surface area contributed by atoms with Crippen molar-refractivity contribution in [3.63, 3.8) is 0 Å². The molecule has 1 aliphatic rings. The number of nitrogens with zero attached hydrogens (tertiary/aromatic N) is 2. The number of ether oxygens (including phenoxy) is 2. The molecule has 3 aromatic rings. The SMILES string of the molecule is CCOc1ccc(C2C(C(=O)OCC(C)C)=C(C)N=c3s/c(=C\C=C\c4ccccc4)c(=O)n32)cc1. The Kier molecular flexibility index (Phi) is 8.00. The van der Waals surface area contributed by atoms with Gasteiger partial charge in [0.1, 0.15) is 5.75 Å². The number of hydrogen-bond acceptors (Lipinski definition) is 6. The number of carbonyl (C=O) groups is 1. The summed E-state index contributed by atoms with van der Waals surface area (Å²) in [6, 6.07) is 16.7. The Morgan fingerprint density at radius 1 is 1.14 bits per heavy atom. The maximum absolute atomic E-state index is 13.6. The van der Waals surface area contributed by atoms with Crippen LogP contribution in [0.4, 0.5) is 0 Å². The second-order valence-electron chi connectivity index (χ2n) is 8.87. The molecule has 0 N–H and O–H groups in total. The van der Waals surface area contributed by atoms with E-state index in [-0.39, 0.29) is 11.5 Å².